The number of rotatable bonds is 10. The summed E-state index contributed by atoms with van der Waals surface area (Å²) in [5.74, 6) is 1.15. The van der Waals surface area contributed by atoms with Crippen LogP contribution in [-0.4, -0.2) is 33.1 Å². The quantitative estimate of drug-likeness (QED) is 0.110. The molecule has 0 unspecified atom stereocenters. The zero-order valence-electron chi connectivity index (χ0n) is 33.0. The van der Waals surface area contributed by atoms with Crippen molar-refractivity contribution in [2.45, 2.75) is 58.5 Å². The van der Waals surface area contributed by atoms with Crippen molar-refractivity contribution in [1.29, 1.82) is 0 Å². The van der Waals surface area contributed by atoms with Crippen LogP contribution in [0.1, 0.15) is 47.1 Å². The van der Waals surface area contributed by atoms with Crippen LogP contribution in [0.15, 0.2) is 130 Å². The Hall–Kier alpha value is -5.78. The molecule has 0 atom stereocenters. The number of ether oxygens (including phenoxy) is 1. The summed E-state index contributed by atoms with van der Waals surface area (Å²) in [7, 11) is -6.38. The number of benzene rings is 6. The summed E-state index contributed by atoms with van der Waals surface area (Å²) in [5, 5.41) is 5.04. The fraction of sp³-hybridized carbons (Fsp3) is 0.213. The first-order valence-electron chi connectivity index (χ1n) is 19.6. The topological polar surface area (TPSA) is 84.1 Å². The van der Waals surface area contributed by atoms with Crippen LogP contribution in [0.3, 0.4) is 0 Å². The van der Waals surface area contributed by atoms with Crippen molar-refractivity contribution >= 4 is 50.8 Å². The average molecular weight is 796 g/mol. The van der Waals surface area contributed by atoms with Crippen LogP contribution in [0.5, 0.6) is 5.75 Å². The highest BCUT2D eigenvalue weighted by Gasteiger charge is 2.30. The van der Waals surface area contributed by atoms with E-state index in [2.05, 4.69) is 5.32 Å². The summed E-state index contributed by atoms with van der Waals surface area (Å²) >= 11 is 0. The van der Waals surface area contributed by atoms with Gasteiger partial charge >= 0.3 is 7.27 Å². The maximum atomic E-state index is 14.3. The average Bonchev–Trinajstić information content (AvgIpc) is 3.22. The van der Waals surface area contributed by atoms with E-state index in [1.165, 1.54) is 6.07 Å². The minimum atomic E-state index is -3.80. The third-order valence-electron chi connectivity index (χ3n) is 10.9. The molecule has 2 heterocycles. The smallest absolute Gasteiger partial charge is 0.489 e. The second-order valence-corrected chi connectivity index (χ2v) is 16.9. The molecule has 1 fully saturated rings. The summed E-state index contributed by atoms with van der Waals surface area (Å²) < 4.78 is 70.1. The summed E-state index contributed by atoms with van der Waals surface area (Å²) in [4.78, 5) is 5.28. The Bertz CT molecular complexity index is 2770. The van der Waals surface area contributed by atoms with Crippen LogP contribution in [0.25, 0.3) is 33.4 Å². The molecule has 58 heavy (non-hydrogen) atoms. The van der Waals surface area contributed by atoms with Gasteiger partial charge in [0.1, 0.15) is 23.7 Å². The Morgan fingerprint density at radius 1 is 0.759 bits per heavy atom. The molecule has 0 bridgehead atoms. The van der Waals surface area contributed by atoms with Crippen LogP contribution in [-0.2, 0) is 16.6 Å². The largest absolute Gasteiger partial charge is 0.572 e. The van der Waals surface area contributed by atoms with Crippen molar-refractivity contribution < 1.29 is 26.2 Å². The van der Waals surface area contributed by atoms with Crippen molar-refractivity contribution in [3.05, 3.63) is 148 Å². The second kappa shape index (κ2) is 16.2. The number of para-hydroxylation sites is 1. The number of fused-ring (bicyclic) bond motifs is 2. The highest BCUT2D eigenvalue weighted by atomic mass is 32.2. The van der Waals surface area contributed by atoms with Gasteiger partial charge in [-0.3, -0.25) is 8.63 Å². The molecule has 8 rings (SSSR count). The van der Waals surface area contributed by atoms with Crippen LogP contribution in [0, 0.1) is 27.7 Å². The zero-order chi connectivity index (χ0) is 40.6. The molecule has 7 nitrogen and oxygen atoms in total. The van der Waals surface area contributed by atoms with Gasteiger partial charge in [0, 0.05) is 58.7 Å². The third-order valence-corrected chi connectivity index (χ3v) is 12.9. The zero-order valence-corrected chi connectivity index (χ0v) is 33.8. The fourth-order valence-electron chi connectivity index (χ4n) is 7.96. The number of piperidine rings is 1. The number of aryl methyl sites for hydroxylation is 4. The molecule has 5 aromatic rings. The first-order chi connectivity index (χ1) is 28.0. The number of halogens is 2. The first-order valence-corrected chi connectivity index (χ1v) is 21.0. The Balaban J connectivity index is 1.22. The molecule has 1 saturated heterocycles. The number of nitrogens with zero attached hydrogens (tertiary/aromatic N) is 2. The number of hydrogen-bond donors (Lipinski definition) is 1. The van der Waals surface area contributed by atoms with E-state index in [1.807, 2.05) is 107 Å². The molecule has 0 saturated carbocycles. The number of nitrogens with one attached hydrogen (secondary N) is 1. The minimum absolute atomic E-state index is 0.0245. The van der Waals surface area contributed by atoms with Gasteiger partial charge in [-0.15, -0.1) is 0 Å². The molecule has 0 aromatic heterocycles. The molecule has 1 N–H and O–H groups in total. The summed E-state index contributed by atoms with van der Waals surface area (Å²) in [6.07, 6.45) is 2.69. The van der Waals surface area contributed by atoms with Gasteiger partial charge in [-0.25, -0.2) is 13.4 Å². The van der Waals surface area contributed by atoms with E-state index >= 15 is 0 Å². The van der Waals surface area contributed by atoms with Gasteiger partial charge in [-0.1, -0.05) is 67.1 Å². The number of hydrogen-bond acceptors (Lipinski definition) is 6. The van der Waals surface area contributed by atoms with E-state index in [-0.39, 0.29) is 17.0 Å². The lowest BCUT2D eigenvalue weighted by atomic mass is 9.82. The van der Waals surface area contributed by atoms with E-state index in [9.17, 15) is 17.0 Å². The van der Waals surface area contributed by atoms with E-state index in [0.717, 1.165) is 75.1 Å². The standard InChI is InChI=1S/C47H44BF2N3O4S/c1-30-13-12-14-31(2)46(30)51-35-19-21-38-42(27-35)57-43-28-36(52-47-32(3)25-37(26-33(47)4)56-29-34-15-6-8-17-41(34)48(49)50)20-22-39(43)45(38)40-16-7-9-18-44(40)58(54,55)53-23-10-5-11-24-53/h6-9,12-22,25-28,52H,5,10-11,23-24,29H2,1-4H3/b51-35+. The number of sulfonamides is 1. The van der Waals surface area contributed by atoms with Crippen molar-refractivity contribution in [1.82, 2.24) is 4.31 Å². The Morgan fingerprint density at radius 3 is 2.21 bits per heavy atom. The van der Waals surface area contributed by atoms with Crippen LogP contribution in [0.2, 0.25) is 0 Å². The molecule has 3 aliphatic rings. The Morgan fingerprint density at radius 2 is 1.47 bits per heavy atom. The molecule has 294 valence electrons. The monoisotopic (exact) mass is 795 g/mol. The SMILES string of the molecule is Cc1cccc(C)c1/N=c1\ccc2c(-c3ccccc3S(=O)(=O)N3CCCCC3)c3ccc(Nc4c(C)cc(OCc5ccccc5B(F)F)cc4C)cc3oc-2c1. The van der Waals surface area contributed by atoms with Gasteiger partial charge in [-0.2, -0.15) is 4.31 Å². The molecule has 0 radical (unpaired) electrons. The second-order valence-electron chi connectivity index (χ2n) is 15.0. The summed E-state index contributed by atoms with van der Waals surface area (Å²) in [5.41, 5.74) is 9.58. The molecule has 0 spiro atoms. The van der Waals surface area contributed by atoms with E-state index in [4.69, 9.17) is 14.1 Å². The molecule has 11 heteroatoms. The lowest BCUT2D eigenvalue weighted by molar-refractivity contribution is 0.306. The third kappa shape index (κ3) is 7.76. The Labute approximate surface area is 338 Å². The van der Waals surface area contributed by atoms with Gasteiger partial charge in [0.25, 0.3) is 0 Å². The van der Waals surface area contributed by atoms with Gasteiger partial charge in [0.2, 0.25) is 10.0 Å². The van der Waals surface area contributed by atoms with Crippen molar-refractivity contribution in [2.24, 2.45) is 4.99 Å². The van der Waals surface area contributed by atoms with Gasteiger partial charge in [0.15, 0.2) is 0 Å². The molecular formula is C47H44BF2N3O4S. The molecule has 1 aliphatic carbocycles. The highest BCUT2D eigenvalue weighted by molar-refractivity contribution is 7.89. The van der Waals surface area contributed by atoms with Crippen LogP contribution >= 0.6 is 0 Å². The molecular weight excluding hydrogens is 751 g/mol. The van der Waals surface area contributed by atoms with E-state index in [1.54, 1.807) is 34.6 Å². The summed E-state index contributed by atoms with van der Waals surface area (Å²) in [6.45, 7) is 9.03. The lowest BCUT2D eigenvalue weighted by Gasteiger charge is -2.27. The predicted octanol–water partition coefficient (Wildman–Crippen LogP) is 10.8. The van der Waals surface area contributed by atoms with E-state index < -0.39 is 17.3 Å². The molecule has 5 aromatic carbocycles. The minimum Gasteiger partial charge on any atom is -0.489 e. The predicted molar refractivity (Wildman–Crippen MR) is 230 cm³/mol. The summed E-state index contributed by atoms with van der Waals surface area (Å²) in [6, 6.07) is 35.2. The van der Waals surface area contributed by atoms with Crippen molar-refractivity contribution in [3.8, 4) is 28.2 Å². The molecule has 2 aliphatic heterocycles. The van der Waals surface area contributed by atoms with Gasteiger partial charge in [0.05, 0.1) is 15.9 Å². The van der Waals surface area contributed by atoms with Crippen LogP contribution in [0.4, 0.5) is 25.7 Å². The molecule has 0 amide bonds. The van der Waals surface area contributed by atoms with Crippen LogP contribution < -0.4 is 20.9 Å². The highest BCUT2D eigenvalue weighted by Crippen LogP contribution is 2.44. The van der Waals surface area contributed by atoms with E-state index in [0.29, 0.717) is 46.7 Å². The fourth-order valence-corrected chi connectivity index (χ4v) is 9.67. The number of anilines is 2. The van der Waals surface area contributed by atoms with Gasteiger partial charge in [-0.05, 0) is 116 Å². The first kappa shape index (κ1) is 39.1. The van der Waals surface area contributed by atoms with Crippen molar-refractivity contribution in [2.75, 3.05) is 18.4 Å². The van der Waals surface area contributed by atoms with Gasteiger partial charge < -0.3 is 14.5 Å². The maximum Gasteiger partial charge on any atom is 0.572 e. The lowest BCUT2D eigenvalue weighted by Crippen LogP contribution is -2.35. The Kier molecular flexibility index (Phi) is 10.9. The normalized spacial score (nSPS) is 13.9. The van der Waals surface area contributed by atoms with Crippen molar-refractivity contribution in [3.63, 3.8) is 0 Å². The maximum absolute atomic E-state index is 14.3.